The van der Waals surface area contributed by atoms with E-state index in [1.165, 1.54) is 17.6 Å². The third kappa shape index (κ3) is 8.94. The van der Waals surface area contributed by atoms with Crippen molar-refractivity contribution in [3.8, 4) is 0 Å². The second-order valence-corrected chi connectivity index (χ2v) is 10.2. The molecule has 0 radical (unpaired) electrons. The monoisotopic (exact) mass is 540 g/mol. The number of hydrogen-bond donors (Lipinski definition) is 2. The molecule has 2 aromatic rings. The number of aryl methyl sites for hydroxylation is 1. The summed E-state index contributed by atoms with van der Waals surface area (Å²) in [5, 5.41) is 3.19. The lowest BCUT2D eigenvalue weighted by Crippen LogP contribution is -2.11. The van der Waals surface area contributed by atoms with E-state index < -0.39 is 5.97 Å². The molecule has 0 atom stereocenters. The number of methoxy groups -OCH3 is 1. The molecule has 2 N–H and O–H groups in total. The Labute approximate surface area is 230 Å². The van der Waals surface area contributed by atoms with Crippen molar-refractivity contribution in [3.05, 3.63) is 69.2 Å². The molecule has 7 nitrogen and oxygen atoms in total. The average Bonchev–Trinajstić information content (AvgIpc) is 3.23. The fourth-order valence-electron chi connectivity index (χ4n) is 3.93. The maximum absolute atomic E-state index is 12.9. The van der Waals surface area contributed by atoms with E-state index in [9.17, 15) is 14.4 Å². The Kier molecular flexibility index (Phi) is 12.9. The molecule has 0 saturated heterocycles. The molecule has 0 unspecified atom stereocenters. The van der Waals surface area contributed by atoms with E-state index in [1.807, 2.05) is 26.8 Å². The summed E-state index contributed by atoms with van der Waals surface area (Å²) in [5.41, 5.74) is 6.16. The number of thioether (sulfide) groups is 1. The Morgan fingerprint density at radius 2 is 1.84 bits per heavy atom. The van der Waals surface area contributed by atoms with Gasteiger partial charge in [0, 0.05) is 35.5 Å². The molecule has 0 spiro atoms. The number of hydrogen-bond acceptors (Lipinski definition) is 7. The summed E-state index contributed by atoms with van der Waals surface area (Å²) in [4.78, 5) is 41.0. The molecule has 0 aliphatic carbocycles. The van der Waals surface area contributed by atoms with Crippen LogP contribution in [-0.2, 0) is 25.5 Å². The molecule has 38 heavy (non-hydrogen) atoms. The van der Waals surface area contributed by atoms with Crippen molar-refractivity contribution in [2.24, 2.45) is 0 Å². The molecule has 206 valence electrons. The molecule has 0 aliphatic heterocycles. The number of unbranched alkanes of at least 4 members (excludes halogenated alkanes) is 1. The molecule has 0 aliphatic rings. The molecular weight excluding hydrogens is 500 g/mol. The van der Waals surface area contributed by atoms with Gasteiger partial charge in [0.2, 0.25) is 0 Å². The van der Waals surface area contributed by atoms with Crippen LogP contribution in [0.25, 0.3) is 6.08 Å². The van der Waals surface area contributed by atoms with Gasteiger partial charge in [-0.25, -0.2) is 4.79 Å². The van der Waals surface area contributed by atoms with Crippen molar-refractivity contribution in [3.63, 3.8) is 0 Å². The highest BCUT2D eigenvalue weighted by Gasteiger charge is 2.21. The normalized spacial score (nSPS) is 12.1. The molecule has 2 rings (SSSR count). The number of rotatable bonds is 15. The summed E-state index contributed by atoms with van der Waals surface area (Å²) < 4.78 is 10.2. The summed E-state index contributed by atoms with van der Waals surface area (Å²) in [5.74, 6) is -0.0128. The first-order valence-corrected chi connectivity index (χ1v) is 13.9. The van der Waals surface area contributed by atoms with Gasteiger partial charge in [-0.1, -0.05) is 31.0 Å². The number of aromatic amines is 1. The minimum absolute atomic E-state index is 0.152. The van der Waals surface area contributed by atoms with Crippen LogP contribution in [-0.4, -0.2) is 49.7 Å². The number of aromatic nitrogens is 1. The second kappa shape index (κ2) is 15.9. The van der Waals surface area contributed by atoms with Crippen molar-refractivity contribution in [1.29, 1.82) is 0 Å². The van der Waals surface area contributed by atoms with E-state index in [0.717, 1.165) is 53.0 Å². The van der Waals surface area contributed by atoms with Gasteiger partial charge >= 0.3 is 11.9 Å². The van der Waals surface area contributed by atoms with E-state index in [1.54, 1.807) is 18.8 Å². The number of carbonyl (C=O) groups excluding carboxylic acids is 3. The van der Waals surface area contributed by atoms with Crippen LogP contribution in [0.2, 0.25) is 0 Å². The van der Waals surface area contributed by atoms with Gasteiger partial charge in [0.15, 0.2) is 0 Å². The Balaban J connectivity index is 2.33. The maximum atomic E-state index is 12.9. The van der Waals surface area contributed by atoms with Gasteiger partial charge in [-0.15, -0.1) is 11.8 Å². The van der Waals surface area contributed by atoms with Crippen LogP contribution in [0, 0.1) is 13.8 Å². The predicted octanol–water partition coefficient (Wildman–Crippen LogP) is 5.95. The van der Waals surface area contributed by atoms with Crippen molar-refractivity contribution < 1.29 is 23.9 Å². The lowest BCUT2D eigenvalue weighted by Gasteiger charge is -2.12. The Morgan fingerprint density at radius 3 is 2.45 bits per heavy atom. The fourth-order valence-corrected chi connectivity index (χ4v) is 4.82. The first-order chi connectivity index (χ1) is 18.2. The highest BCUT2D eigenvalue weighted by Crippen LogP contribution is 2.26. The van der Waals surface area contributed by atoms with Crippen LogP contribution < -0.4 is 5.32 Å². The maximum Gasteiger partial charge on any atom is 0.355 e. The minimum atomic E-state index is -0.443. The van der Waals surface area contributed by atoms with Gasteiger partial charge in [0.1, 0.15) is 12.0 Å². The summed E-state index contributed by atoms with van der Waals surface area (Å²) >= 11 is 1.71. The predicted molar refractivity (Wildman–Crippen MR) is 153 cm³/mol. The zero-order valence-corrected chi connectivity index (χ0v) is 24.2. The van der Waals surface area contributed by atoms with Crippen LogP contribution in [0.5, 0.6) is 0 Å². The number of aldehydes is 1. The zero-order chi connectivity index (χ0) is 28.1. The molecule has 1 aromatic carbocycles. The lowest BCUT2D eigenvalue weighted by molar-refractivity contribution is -0.140. The summed E-state index contributed by atoms with van der Waals surface area (Å²) in [6.45, 7) is 8.24. The Morgan fingerprint density at radius 1 is 1.13 bits per heavy atom. The van der Waals surface area contributed by atoms with Gasteiger partial charge < -0.3 is 19.8 Å². The number of benzene rings is 1. The Hall–Kier alpha value is -3.26. The number of allylic oxidation sites excluding steroid dienone is 2. The van der Waals surface area contributed by atoms with Gasteiger partial charge in [0.05, 0.1) is 13.7 Å². The topological polar surface area (TPSA) is 97.5 Å². The molecule has 0 bridgehead atoms. The third-order valence-corrected chi connectivity index (χ3v) is 7.42. The standard InChI is InChI=1S/C30H40N2O5S/c1-7-8-16-37-30(35)29-25(13-14-28(34)36-6)22(4)27(32-29)18-26(31-5)21(3)23(19-33)15-17-38-24-11-9-20(2)10-12-24/h9-12,18-19,31-32H,7-8,13-17H2,1-6H3/b23-21-,26-18-. The SMILES string of the molecule is CCCCOC(=O)c1[nH]c(/C=C(NC)/C(C)=C(\C=O)CCSc2ccc(C)cc2)c(C)c1CCC(=O)OC. The lowest BCUT2D eigenvalue weighted by atomic mass is 10.0. The largest absolute Gasteiger partial charge is 0.469 e. The molecule has 1 aromatic heterocycles. The van der Waals surface area contributed by atoms with Gasteiger partial charge in [-0.2, -0.15) is 0 Å². The van der Waals surface area contributed by atoms with Crippen molar-refractivity contribution in [1.82, 2.24) is 10.3 Å². The van der Waals surface area contributed by atoms with E-state index in [4.69, 9.17) is 9.47 Å². The highest BCUT2D eigenvalue weighted by molar-refractivity contribution is 7.99. The fraction of sp³-hybridized carbons (Fsp3) is 0.433. The number of carbonyl (C=O) groups is 3. The van der Waals surface area contributed by atoms with Crippen molar-refractivity contribution in [2.45, 2.75) is 64.7 Å². The van der Waals surface area contributed by atoms with Gasteiger partial charge in [-0.3, -0.25) is 9.59 Å². The zero-order valence-electron chi connectivity index (χ0n) is 23.4. The first kappa shape index (κ1) is 31.0. The molecule has 0 fully saturated rings. The number of nitrogens with one attached hydrogen (secondary N) is 2. The van der Waals surface area contributed by atoms with E-state index >= 15 is 0 Å². The smallest absolute Gasteiger partial charge is 0.355 e. The molecule has 8 heteroatoms. The van der Waals surface area contributed by atoms with Gasteiger partial charge in [-0.05, 0) is 80.5 Å². The quantitative estimate of drug-likeness (QED) is 0.0719. The number of H-pyrrole nitrogens is 1. The first-order valence-electron chi connectivity index (χ1n) is 12.9. The van der Waals surface area contributed by atoms with E-state index in [0.29, 0.717) is 30.7 Å². The third-order valence-electron chi connectivity index (χ3n) is 6.41. The minimum Gasteiger partial charge on any atom is -0.469 e. The number of ether oxygens (including phenoxy) is 2. The molecular formula is C30H40N2O5S. The molecule has 0 amide bonds. The second-order valence-electron chi connectivity index (χ2n) is 9.07. The highest BCUT2D eigenvalue weighted by atomic mass is 32.2. The number of likely N-dealkylation sites (N-methyl/N-ethyl adjacent to an activating group) is 1. The van der Waals surface area contributed by atoms with Crippen LogP contribution in [0.15, 0.2) is 46.0 Å². The molecule has 0 saturated carbocycles. The summed E-state index contributed by atoms with van der Waals surface area (Å²) in [7, 11) is 3.15. The number of esters is 2. The van der Waals surface area contributed by atoms with Crippen LogP contribution in [0.1, 0.15) is 72.4 Å². The molecule has 1 heterocycles. The van der Waals surface area contributed by atoms with Crippen LogP contribution >= 0.6 is 11.8 Å². The summed E-state index contributed by atoms with van der Waals surface area (Å²) in [6.07, 6.45) is 5.62. The summed E-state index contributed by atoms with van der Waals surface area (Å²) in [6, 6.07) is 8.34. The van der Waals surface area contributed by atoms with Crippen LogP contribution in [0.4, 0.5) is 0 Å². The van der Waals surface area contributed by atoms with E-state index in [-0.39, 0.29) is 12.4 Å². The van der Waals surface area contributed by atoms with Crippen molar-refractivity contribution in [2.75, 3.05) is 26.5 Å². The van der Waals surface area contributed by atoms with Gasteiger partial charge in [0.25, 0.3) is 0 Å². The average molecular weight is 541 g/mol. The van der Waals surface area contributed by atoms with Crippen molar-refractivity contribution >= 4 is 36.1 Å². The van der Waals surface area contributed by atoms with E-state index in [2.05, 4.69) is 41.5 Å². The Bertz CT molecular complexity index is 1160. The van der Waals surface area contributed by atoms with Crippen LogP contribution in [0.3, 0.4) is 0 Å².